The molecule has 0 atom stereocenters. The summed E-state index contributed by atoms with van der Waals surface area (Å²) < 4.78 is 17.8. The number of aromatic amines is 1. The van der Waals surface area contributed by atoms with Gasteiger partial charge in [-0.3, -0.25) is 4.79 Å². The van der Waals surface area contributed by atoms with Crippen LogP contribution in [0.5, 0.6) is 17.2 Å². The van der Waals surface area contributed by atoms with Gasteiger partial charge in [-0.1, -0.05) is 57.9 Å². The second-order valence-electron chi connectivity index (χ2n) is 8.86. The maximum absolute atomic E-state index is 13.4. The van der Waals surface area contributed by atoms with Crippen LogP contribution in [0.15, 0.2) is 92.9 Å². The largest absolute Gasteiger partial charge is 0.454 e. The van der Waals surface area contributed by atoms with Crippen LogP contribution in [0.25, 0.3) is 22.0 Å². The standard InChI is InChI=1S/C30H18Br2ClN3O5/c31-18-9-11-23(41-30(38)16-8-10-24-25(13-16)40-15-39-24)17(12-18)14-34-36-29(37)28-26(19-4-1-2-7-22(19)33)20-5-3-6-21(32)27(20)35-28/h1-14,35H,15H2,(H,36,37). The van der Waals surface area contributed by atoms with Gasteiger partial charge in [0.1, 0.15) is 11.4 Å². The van der Waals surface area contributed by atoms with E-state index in [0.717, 1.165) is 19.8 Å². The lowest BCUT2D eigenvalue weighted by atomic mass is 10.0. The lowest BCUT2D eigenvalue weighted by Gasteiger charge is -2.09. The Labute approximate surface area is 255 Å². The molecule has 0 bridgehead atoms. The number of carbonyl (C=O) groups excluding carboxylic acids is 2. The van der Waals surface area contributed by atoms with Gasteiger partial charge in [-0.15, -0.1) is 0 Å². The first-order chi connectivity index (χ1) is 19.9. The molecule has 0 fully saturated rings. The highest BCUT2D eigenvalue weighted by molar-refractivity contribution is 9.11. The number of fused-ring (bicyclic) bond motifs is 2. The topological polar surface area (TPSA) is 102 Å². The van der Waals surface area contributed by atoms with E-state index < -0.39 is 11.9 Å². The molecule has 0 radical (unpaired) electrons. The molecule has 2 heterocycles. The quantitative estimate of drug-likeness (QED) is 0.0820. The third-order valence-electron chi connectivity index (χ3n) is 6.31. The fraction of sp³-hybridized carbons (Fsp3) is 0.0333. The lowest BCUT2D eigenvalue weighted by molar-refractivity contribution is 0.0733. The van der Waals surface area contributed by atoms with Gasteiger partial charge in [0.15, 0.2) is 11.5 Å². The number of H-pyrrole nitrogens is 1. The SMILES string of the molecule is O=C(Oc1ccc(Br)cc1C=NNC(=O)c1[nH]c2c(Br)cccc2c1-c1ccccc1Cl)c1ccc2c(c1)OCO2. The summed E-state index contributed by atoms with van der Waals surface area (Å²) in [6.45, 7) is 0.0997. The smallest absolute Gasteiger partial charge is 0.343 e. The summed E-state index contributed by atoms with van der Waals surface area (Å²) in [5.41, 5.74) is 5.73. The molecular weight excluding hydrogens is 678 g/mol. The maximum atomic E-state index is 13.4. The van der Waals surface area contributed by atoms with Gasteiger partial charge in [0.25, 0.3) is 5.91 Å². The molecule has 1 amide bonds. The second kappa shape index (κ2) is 11.4. The Morgan fingerprint density at radius 3 is 2.66 bits per heavy atom. The summed E-state index contributed by atoms with van der Waals surface area (Å²) in [7, 11) is 0. The van der Waals surface area contributed by atoms with Gasteiger partial charge < -0.3 is 19.2 Å². The predicted octanol–water partition coefficient (Wildman–Crippen LogP) is 7.73. The average Bonchev–Trinajstić information content (AvgIpc) is 3.60. The van der Waals surface area contributed by atoms with E-state index in [1.165, 1.54) is 6.21 Å². The molecule has 41 heavy (non-hydrogen) atoms. The van der Waals surface area contributed by atoms with Crippen molar-refractivity contribution in [3.05, 3.63) is 110 Å². The predicted molar refractivity (Wildman–Crippen MR) is 163 cm³/mol. The van der Waals surface area contributed by atoms with Crippen molar-refractivity contribution < 1.29 is 23.8 Å². The molecule has 1 aromatic heterocycles. The van der Waals surface area contributed by atoms with Gasteiger partial charge in [-0.2, -0.15) is 5.10 Å². The highest BCUT2D eigenvalue weighted by Crippen LogP contribution is 2.39. The van der Waals surface area contributed by atoms with Crippen LogP contribution in [-0.2, 0) is 0 Å². The fourth-order valence-corrected chi connectivity index (χ4v) is 5.48. The van der Waals surface area contributed by atoms with E-state index in [9.17, 15) is 9.59 Å². The van der Waals surface area contributed by atoms with E-state index >= 15 is 0 Å². The first-order valence-corrected chi connectivity index (χ1v) is 14.2. The van der Waals surface area contributed by atoms with Gasteiger partial charge >= 0.3 is 5.97 Å². The van der Waals surface area contributed by atoms with Crippen LogP contribution in [0.1, 0.15) is 26.4 Å². The van der Waals surface area contributed by atoms with E-state index in [-0.39, 0.29) is 12.5 Å². The molecule has 204 valence electrons. The highest BCUT2D eigenvalue weighted by Gasteiger charge is 2.22. The van der Waals surface area contributed by atoms with Crippen LogP contribution in [0, 0.1) is 0 Å². The van der Waals surface area contributed by atoms with Crippen molar-refractivity contribution in [1.82, 2.24) is 10.4 Å². The van der Waals surface area contributed by atoms with Crippen LogP contribution in [0.2, 0.25) is 5.02 Å². The molecule has 5 aromatic rings. The zero-order valence-electron chi connectivity index (χ0n) is 20.9. The number of aromatic nitrogens is 1. The number of amides is 1. The Bertz CT molecular complexity index is 1870. The number of ether oxygens (including phenoxy) is 3. The molecule has 1 aliphatic rings. The Kier molecular flexibility index (Phi) is 7.53. The molecule has 11 heteroatoms. The highest BCUT2D eigenvalue weighted by atomic mass is 79.9. The summed E-state index contributed by atoms with van der Waals surface area (Å²) in [4.78, 5) is 29.5. The Hall–Kier alpha value is -4.12. The number of nitrogens with one attached hydrogen (secondary N) is 2. The molecule has 2 N–H and O–H groups in total. The normalized spacial score (nSPS) is 12.2. The van der Waals surface area contributed by atoms with Crippen molar-refractivity contribution >= 4 is 72.5 Å². The molecule has 4 aromatic carbocycles. The molecule has 1 aliphatic heterocycles. The lowest BCUT2D eigenvalue weighted by Crippen LogP contribution is -2.19. The first kappa shape index (κ1) is 27.1. The molecule has 0 aliphatic carbocycles. The number of esters is 1. The minimum Gasteiger partial charge on any atom is -0.454 e. The Morgan fingerprint density at radius 1 is 0.976 bits per heavy atom. The van der Waals surface area contributed by atoms with Gasteiger partial charge in [-0.25, -0.2) is 10.2 Å². The van der Waals surface area contributed by atoms with Gasteiger partial charge in [0, 0.05) is 36.0 Å². The molecule has 6 rings (SSSR count). The van der Waals surface area contributed by atoms with Crippen molar-refractivity contribution in [2.75, 3.05) is 6.79 Å². The number of hydrazone groups is 1. The molecule has 0 unspecified atom stereocenters. The average molecular weight is 696 g/mol. The van der Waals surface area contributed by atoms with Crippen LogP contribution in [0.3, 0.4) is 0 Å². The van der Waals surface area contributed by atoms with Gasteiger partial charge in [0.05, 0.1) is 17.3 Å². The maximum Gasteiger partial charge on any atom is 0.343 e. The summed E-state index contributed by atoms with van der Waals surface area (Å²) in [6, 6.07) is 22.9. The van der Waals surface area contributed by atoms with Crippen LogP contribution in [-0.4, -0.2) is 29.9 Å². The fourth-order valence-electron chi connectivity index (χ4n) is 4.41. The van der Waals surface area contributed by atoms with Crippen LogP contribution >= 0.6 is 43.5 Å². The monoisotopic (exact) mass is 693 g/mol. The van der Waals surface area contributed by atoms with Crippen molar-refractivity contribution in [3.8, 4) is 28.4 Å². The molecule has 0 saturated heterocycles. The van der Waals surface area contributed by atoms with Crippen LogP contribution < -0.4 is 19.6 Å². The number of rotatable bonds is 6. The molecule has 0 saturated carbocycles. The summed E-state index contributed by atoms with van der Waals surface area (Å²) >= 11 is 13.5. The number of halogens is 3. The van der Waals surface area contributed by atoms with E-state index in [4.69, 9.17) is 25.8 Å². The zero-order chi connectivity index (χ0) is 28.5. The summed E-state index contributed by atoms with van der Waals surface area (Å²) in [5.74, 6) is 0.222. The third-order valence-corrected chi connectivity index (χ3v) is 7.79. The van der Waals surface area contributed by atoms with Crippen molar-refractivity contribution in [3.63, 3.8) is 0 Å². The van der Waals surface area contributed by atoms with E-state index in [2.05, 4.69) is 47.4 Å². The minimum absolute atomic E-state index is 0.0997. The summed E-state index contributed by atoms with van der Waals surface area (Å²) in [5, 5.41) is 5.49. The van der Waals surface area contributed by atoms with Crippen molar-refractivity contribution in [2.45, 2.75) is 0 Å². The number of nitrogens with zero attached hydrogens (tertiary/aromatic N) is 1. The number of hydrogen-bond donors (Lipinski definition) is 2. The van der Waals surface area contributed by atoms with E-state index in [1.807, 2.05) is 36.4 Å². The van der Waals surface area contributed by atoms with E-state index in [1.54, 1.807) is 42.5 Å². The van der Waals surface area contributed by atoms with Gasteiger partial charge in [0.2, 0.25) is 6.79 Å². The molecule has 0 spiro atoms. The summed E-state index contributed by atoms with van der Waals surface area (Å²) in [6.07, 6.45) is 1.40. The Balaban J connectivity index is 1.27. The second-order valence-corrected chi connectivity index (χ2v) is 11.0. The number of benzene rings is 4. The first-order valence-electron chi connectivity index (χ1n) is 12.2. The minimum atomic E-state index is -0.586. The number of carbonyl (C=O) groups is 2. The van der Waals surface area contributed by atoms with Crippen molar-refractivity contribution in [2.24, 2.45) is 5.10 Å². The van der Waals surface area contributed by atoms with Gasteiger partial charge in [-0.05, 0) is 64.5 Å². The molecular formula is C30H18Br2ClN3O5. The number of hydrogen-bond acceptors (Lipinski definition) is 6. The number of para-hydroxylation sites is 1. The zero-order valence-corrected chi connectivity index (χ0v) is 24.8. The van der Waals surface area contributed by atoms with E-state index in [0.29, 0.717) is 44.5 Å². The Morgan fingerprint density at radius 2 is 1.80 bits per heavy atom. The third kappa shape index (κ3) is 5.46. The van der Waals surface area contributed by atoms with Crippen molar-refractivity contribution in [1.29, 1.82) is 0 Å². The molecule has 8 nitrogen and oxygen atoms in total. The van der Waals surface area contributed by atoms with Crippen LogP contribution in [0.4, 0.5) is 0 Å².